The summed E-state index contributed by atoms with van der Waals surface area (Å²) >= 11 is 5.95. The van der Waals surface area contributed by atoms with Crippen molar-refractivity contribution < 1.29 is 9.59 Å². The number of hydrogen-bond donors (Lipinski definition) is 2. The van der Waals surface area contributed by atoms with Gasteiger partial charge in [0.25, 0.3) is 0 Å². The number of carbonyl (C=O) groups excluding carboxylic acids is 2. The zero-order valence-corrected chi connectivity index (χ0v) is 17.6. The lowest BCUT2D eigenvalue weighted by atomic mass is 10.1. The summed E-state index contributed by atoms with van der Waals surface area (Å²) in [5.74, 6) is -1.24. The molecule has 6 nitrogen and oxygen atoms in total. The van der Waals surface area contributed by atoms with Gasteiger partial charge in [-0.25, -0.2) is 0 Å². The van der Waals surface area contributed by atoms with Crippen molar-refractivity contribution in [2.45, 2.75) is 13.8 Å². The van der Waals surface area contributed by atoms with E-state index in [1.54, 1.807) is 0 Å². The van der Waals surface area contributed by atoms with E-state index in [0.717, 1.165) is 48.9 Å². The zero-order valence-electron chi connectivity index (χ0n) is 16.9. The van der Waals surface area contributed by atoms with Crippen LogP contribution in [0.4, 0.5) is 11.4 Å². The number of nitrogens with one attached hydrogen (secondary N) is 2. The van der Waals surface area contributed by atoms with Gasteiger partial charge in [-0.05, 0) is 61.4 Å². The predicted molar refractivity (Wildman–Crippen MR) is 118 cm³/mol. The molecule has 29 heavy (non-hydrogen) atoms. The van der Waals surface area contributed by atoms with E-state index in [1.165, 1.54) is 5.69 Å². The lowest BCUT2D eigenvalue weighted by Gasteiger charge is -2.36. The molecule has 0 bridgehead atoms. The minimum absolute atomic E-state index is 0.444. The fraction of sp³-hybridized carbons (Fsp3) is 0.364. The topological polar surface area (TPSA) is 64.7 Å². The minimum Gasteiger partial charge on any atom is -0.369 e. The quantitative estimate of drug-likeness (QED) is 0.738. The van der Waals surface area contributed by atoms with Crippen LogP contribution in [0.3, 0.4) is 0 Å². The number of amides is 2. The Bertz CT molecular complexity index is 841. The minimum atomic E-state index is -0.637. The van der Waals surface area contributed by atoms with E-state index >= 15 is 0 Å². The molecule has 0 saturated carbocycles. The highest BCUT2D eigenvalue weighted by Crippen LogP contribution is 2.19. The zero-order chi connectivity index (χ0) is 20.8. The molecule has 0 unspecified atom stereocenters. The second kappa shape index (κ2) is 9.76. The standard InChI is InChI=1S/C22H27ClN4O2/c1-16-13-17(2)15-19(14-16)25-22(29)21(28)24-7-8-26-9-11-27(12-10-26)20-5-3-18(23)4-6-20/h3-6,13-15H,7-12H2,1-2H3,(H,24,28)(H,25,29). The highest BCUT2D eigenvalue weighted by Gasteiger charge is 2.18. The van der Waals surface area contributed by atoms with Crippen molar-refractivity contribution in [1.82, 2.24) is 10.2 Å². The summed E-state index contributed by atoms with van der Waals surface area (Å²) in [6, 6.07) is 13.6. The molecule has 1 aliphatic heterocycles. The highest BCUT2D eigenvalue weighted by atomic mass is 35.5. The van der Waals surface area contributed by atoms with Crippen LogP contribution >= 0.6 is 11.6 Å². The van der Waals surface area contributed by atoms with Crippen molar-refractivity contribution in [2.24, 2.45) is 0 Å². The number of benzene rings is 2. The van der Waals surface area contributed by atoms with Crippen LogP contribution in [0.1, 0.15) is 11.1 Å². The van der Waals surface area contributed by atoms with Crippen molar-refractivity contribution in [3.05, 3.63) is 58.6 Å². The summed E-state index contributed by atoms with van der Waals surface area (Å²) in [5.41, 5.74) is 3.89. The number of anilines is 2. The maximum Gasteiger partial charge on any atom is 0.313 e. The first-order chi connectivity index (χ1) is 13.9. The smallest absolute Gasteiger partial charge is 0.313 e. The number of rotatable bonds is 5. The summed E-state index contributed by atoms with van der Waals surface area (Å²) in [4.78, 5) is 28.8. The van der Waals surface area contributed by atoms with Gasteiger partial charge in [-0.2, -0.15) is 0 Å². The van der Waals surface area contributed by atoms with Gasteiger partial charge in [0.05, 0.1) is 0 Å². The molecule has 154 valence electrons. The number of piperazine rings is 1. The lowest BCUT2D eigenvalue weighted by molar-refractivity contribution is -0.136. The maximum atomic E-state index is 12.1. The SMILES string of the molecule is Cc1cc(C)cc(NC(=O)C(=O)NCCN2CCN(c3ccc(Cl)cc3)CC2)c1. The summed E-state index contributed by atoms with van der Waals surface area (Å²) in [6.07, 6.45) is 0. The molecule has 1 saturated heterocycles. The van der Waals surface area contributed by atoms with E-state index in [4.69, 9.17) is 11.6 Å². The van der Waals surface area contributed by atoms with Crippen molar-refractivity contribution >= 4 is 34.8 Å². The molecule has 2 N–H and O–H groups in total. The monoisotopic (exact) mass is 414 g/mol. The molecule has 1 fully saturated rings. The summed E-state index contributed by atoms with van der Waals surface area (Å²) in [5, 5.41) is 6.11. The summed E-state index contributed by atoms with van der Waals surface area (Å²) in [7, 11) is 0. The molecule has 0 radical (unpaired) electrons. The van der Waals surface area contributed by atoms with Crippen molar-refractivity contribution in [3.63, 3.8) is 0 Å². The van der Waals surface area contributed by atoms with Crippen LogP contribution in [0, 0.1) is 13.8 Å². The van der Waals surface area contributed by atoms with Crippen LogP contribution in [0.15, 0.2) is 42.5 Å². The molecular formula is C22H27ClN4O2. The Labute approximate surface area is 176 Å². The fourth-order valence-electron chi connectivity index (χ4n) is 3.52. The summed E-state index contributed by atoms with van der Waals surface area (Å²) < 4.78 is 0. The molecule has 0 spiro atoms. The Balaban J connectivity index is 1.38. The van der Waals surface area contributed by atoms with Crippen LogP contribution in [-0.2, 0) is 9.59 Å². The molecule has 0 aromatic heterocycles. The third-order valence-corrected chi connectivity index (χ3v) is 5.22. The molecule has 2 aromatic rings. The van der Waals surface area contributed by atoms with E-state index in [0.29, 0.717) is 12.2 Å². The predicted octanol–water partition coefficient (Wildman–Crippen LogP) is 2.83. The molecule has 2 amide bonds. The van der Waals surface area contributed by atoms with E-state index in [2.05, 4.69) is 20.4 Å². The molecule has 1 aliphatic rings. The van der Waals surface area contributed by atoms with Crippen LogP contribution in [0.2, 0.25) is 5.02 Å². The van der Waals surface area contributed by atoms with E-state index < -0.39 is 11.8 Å². The largest absolute Gasteiger partial charge is 0.369 e. The number of hydrogen-bond acceptors (Lipinski definition) is 4. The number of aryl methyl sites for hydroxylation is 2. The lowest BCUT2D eigenvalue weighted by Crippen LogP contribution is -2.49. The van der Waals surface area contributed by atoms with Crippen LogP contribution in [0.25, 0.3) is 0 Å². The van der Waals surface area contributed by atoms with Crippen molar-refractivity contribution in [1.29, 1.82) is 0 Å². The number of carbonyl (C=O) groups is 2. The molecule has 0 atom stereocenters. The van der Waals surface area contributed by atoms with E-state index in [1.807, 2.05) is 56.3 Å². The van der Waals surface area contributed by atoms with Crippen LogP contribution < -0.4 is 15.5 Å². The maximum absolute atomic E-state index is 12.1. The third-order valence-electron chi connectivity index (χ3n) is 4.96. The van der Waals surface area contributed by atoms with Crippen molar-refractivity contribution in [3.8, 4) is 0 Å². The van der Waals surface area contributed by atoms with Gasteiger partial charge >= 0.3 is 11.8 Å². The Hall–Kier alpha value is -2.57. The Morgan fingerprint density at radius 1 is 0.931 bits per heavy atom. The Kier molecular flexibility index (Phi) is 7.12. The second-order valence-electron chi connectivity index (χ2n) is 7.39. The highest BCUT2D eigenvalue weighted by molar-refractivity contribution is 6.39. The van der Waals surface area contributed by atoms with Gasteiger partial charge in [-0.15, -0.1) is 0 Å². The molecular weight excluding hydrogens is 388 g/mol. The molecule has 7 heteroatoms. The molecule has 3 rings (SSSR count). The molecule has 0 aliphatic carbocycles. The summed E-state index contributed by atoms with van der Waals surface area (Å²) in [6.45, 7) is 8.73. The number of nitrogens with zero attached hydrogens (tertiary/aromatic N) is 2. The van der Waals surface area contributed by atoms with Gasteiger partial charge in [0.2, 0.25) is 0 Å². The first-order valence-electron chi connectivity index (χ1n) is 9.81. The first kappa shape index (κ1) is 21.1. The van der Waals surface area contributed by atoms with Gasteiger partial charge in [-0.3, -0.25) is 14.5 Å². The van der Waals surface area contributed by atoms with E-state index in [9.17, 15) is 9.59 Å². The normalized spacial score (nSPS) is 14.5. The second-order valence-corrected chi connectivity index (χ2v) is 7.83. The van der Waals surface area contributed by atoms with Gasteiger partial charge in [0.1, 0.15) is 0 Å². The van der Waals surface area contributed by atoms with Crippen molar-refractivity contribution in [2.75, 3.05) is 49.5 Å². The molecule has 1 heterocycles. The Morgan fingerprint density at radius 3 is 2.17 bits per heavy atom. The Morgan fingerprint density at radius 2 is 1.55 bits per heavy atom. The van der Waals surface area contributed by atoms with Gasteiger partial charge < -0.3 is 15.5 Å². The van der Waals surface area contributed by atoms with Crippen LogP contribution in [0.5, 0.6) is 0 Å². The number of halogens is 1. The molecule has 2 aromatic carbocycles. The van der Waals surface area contributed by atoms with Gasteiger partial charge in [0, 0.05) is 55.7 Å². The average Bonchev–Trinajstić information content (AvgIpc) is 2.68. The fourth-order valence-corrected chi connectivity index (χ4v) is 3.65. The van der Waals surface area contributed by atoms with E-state index in [-0.39, 0.29) is 0 Å². The first-order valence-corrected chi connectivity index (χ1v) is 10.2. The van der Waals surface area contributed by atoms with Gasteiger partial charge in [-0.1, -0.05) is 17.7 Å². The average molecular weight is 415 g/mol. The third kappa shape index (κ3) is 6.21. The van der Waals surface area contributed by atoms with Crippen LogP contribution in [-0.4, -0.2) is 56.0 Å². The van der Waals surface area contributed by atoms with Gasteiger partial charge in [0.15, 0.2) is 0 Å².